The normalized spacial score (nSPS) is 9.94. The summed E-state index contributed by atoms with van der Waals surface area (Å²) in [5.74, 6) is 0.609. The van der Waals surface area contributed by atoms with Gasteiger partial charge in [0.05, 0.1) is 17.6 Å². The zero-order valence-electron chi connectivity index (χ0n) is 9.30. The molecule has 17 heavy (non-hydrogen) atoms. The zero-order valence-corrected chi connectivity index (χ0v) is 10.1. The molecular formula is C11H12N4OS. The minimum Gasteiger partial charge on any atom is -0.373 e. The van der Waals surface area contributed by atoms with E-state index >= 15 is 0 Å². The summed E-state index contributed by atoms with van der Waals surface area (Å²) in [5.41, 5.74) is 2.29. The smallest absolute Gasteiger partial charge is 0.253 e. The van der Waals surface area contributed by atoms with Gasteiger partial charge < -0.3 is 10.6 Å². The fourth-order valence-electron chi connectivity index (χ4n) is 1.27. The first-order valence-electron chi connectivity index (χ1n) is 5.09. The summed E-state index contributed by atoms with van der Waals surface area (Å²) in [4.78, 5) is 20.8. The second kappa shape index (κ2) is 5.40. The topological polar surface area (TPSA) is 66.9 Å². The molecule has 0 saturated carbocycles. The van der Waals surface area contributed by atoms with E-state index in [-0.39, 0.29) is 5.91 Å². The standard InChI is InChI=1S/C11H12N4OS/c1-12-10-3-2-8(4-14-10)11(16)15-6-9-5-13-7-17-9/h2-5,7H,6H2,1H3,(H,12,14)(H,15,16). The molecule has 0 atom stereocenters. The molecule has 0 aliphatic carbocycles. The molecule has 0 bridgehead atoms. The van der Waals surface area contributed by atoms with E-state index in [1.54, 1.807) is 37.1 Å². The van der Waals surface area contributed by atoms with Crippen molar-refractivity contribution in [1.29, 1.82) is 0 Å². The first-order valence-corrected chi connectivity index (χ1v) is 5.97. The molecule has 6 heteroatoms. The predicted octanol–water partition coefficient (Wildman–Crippen LogP) is 1.51. The highest BCUT2D eigenvalue weighted by molar-refractivity contribution is 7.09. The Morgan fingerprint density at radius 2 is 2.29 bits per heavy atom. The summed E-state index contributed by atoms with van der Waals surface area (Å²) in [7, 11) is 1.78. The molecule has 0 spiro atoms. The van der Waals surface area contributed by atoms with Crippen LogP contribution in [0.1, 0.15) is 15.2 Å². The molecule has 0 fully saturated rings. The molecule has 0 aliphatic rings. The van der Waals surface area contributed by atoms with Crippen molar-refractivity contribution in [3.63, 3.8) is 0 Å². The van der Waals surface area contributed by atoms with E-state index in [9.17, 15) is 4.79 Å². The Morgan fingerprint density at radius 1 is 1.41 bits per heavy atom. The number of aromatic nitrogens is 2. The van der Waals surface area contributed by atoms with Crippen molar-refractivity contribution in [2.75, 3.05) is 12.4 Å². The number of rotatable bonds is 4. The molecule has 0 aromatic carbocycles. The third-order valence-electron chi connectivity index (χ3n) is 2.19. The van der Waals surface area contributed by atoms with Crippen molar-refractivity contribution in [3.05, 3.63) is 40.5 Å². The van der Waals surface area contributed by atoms with Gasteiger partial charge in [0.2, 0.25) is 0 Å². The molecule has 0 radical (unpaired) electrons. The van der Waals surface area contributed by atoms with Gasteiger partial charge in [-0.15, -0.1) is 11.3 Å². The quantitative estimate of drug-likeness (QED) is 0.860. The number of pyridine rings is 1. The molecule has 0 saturated heterocycles. The lowest BCUT2D eigenvalue weighted by atomic mass is 10.2. The molecule has 2 aromatic rings. The average molecular weight is 248 g/mol. The van der Waals surface area contributed by atoms with E-state index < -0.39 is 0 Å². The monoisotopic (exact) mass is 248 g/mol. The van der Waals surface area contributed by atoms with Crippen LogP contribution in [0.2, 0.25) is 0 Å². The second-order valence-electron chi connectivity index (χ2n) is 3.33. The summed E-state index contributed by atoms with van der Waals surface area (Å²) in [6.45, 7) is 0.497. The van der Waals surface area contributed by atoms with Crippen LogP contribution >= 0.6 is 11.3 Å². The number of carbonyl (C=O) groups excluding carboxylic acids is 1. The Labute approximate surface area is 103 Å². The van der Waals surface area contributed by atoms with Gasteiger partial charge in [0.25, 0.3) is 5.91 Å². The van der Waals surface area contributed by atoms with Gasteiger partial charge in [-0.05, 0) is 12.1 Å². The Kier molecular flexibility index (Phi) is 3.66. The lowest BCUT2D eigenvalue weighted by Crippen LogP contribution is -2.22. The van der Waals surface area contributed by atoms with E-state index in [4.69, 9.17) is 0 Å². The van der Waals surface area contributed by atoms with Gasteiger partial charge in [-0.1, -0.05) is 0 Å². The van der Waals surface area contributed by atoms with Crippen molar-refractivity contribution >= 4 is 23.1 Å². The summed E-state index contributed by atoms with van der Waals surface area (Å²) in [5, 5.41) is 5.71. The second-order valence-corrected chi connectivity index (χ2v) is 4.30. The van der Waals surface area contributed by atoms with Crippen LogP contribution < -0.4 is 10.6 Å². The molecular weight excluding hydrogens is 236 g/mol. The van der Waals surface area contributed by atoms with Crippen molar-refractivity contribution in [2.24, 2.45) is 0 Å². The molecule has 2 aromatic heterocycles. The summed E-state index contributed by atoms with van der Waals surface area (Å²) < 4.78 is 0. The van der Waals surface area contributed by atoms with Crippen LogP contribution in [0, 0.1) is 0 Å². The minimum atomic E-state index is -0.131. The largest absolute Gasteiger partial charge is 0.373 e. The predicted molar refractivity (Wildman–Crippen MR) is 67.1 cm³/mol. The van der Waals surface area contributed by atoms with Crippen LogP contribution in [0.25, 0.3) is 0 Å². The van der Waals surface area contributed by atoms with Crippen molar-refractivity contribution in [2.45, 2.75) is 6.54 Å². The van der Waals surface area contributed by atoms with Crippen LogP contribution in [0.15, 0.2) is 30.0 Å². The lowest BCUT2D eigenvalue weighted by Gasteiger charge is -2.04. The maximum absolute atomic E-state index is 11.8. The molecule has 2 rings (SSSR count). The zero-order chi connectivity index (χ0) is 12.1. The van der Waals surface area contributed by atoms with Crippen LogP contribution in [0.5, 0.6) is 0 Å². The van der Waals surface area contributed by atoms with Gasteiger partial charge in [0.1, 0.15) is 5.82 Å². The Balaban J connectivity index is 1.95. The van der Waals surface area contributed by atoms with E-state index in [0.29, 0.717) is 12.1 Å². The van der Waals surface area contributed by atoms with Crippen LogP contribution in [0.4, 0.5) is 5.82 Å². The Hall–Kier alpha value is -1.95. The number of hydrogen-bond donors (Lipinski definition) is 2. The fourth-order valence-corrected chi connectivity index (χ4v) is 1.81. The summed E-state index contributed by atoms with van der Waals surface area (Å²) in [6, 6.07) is 3.50. The van der Waals surface area contributed by atoms with Crippen molar-refractivity contribution in [3.8, 4) is 0 Å². The third kappa shape index (κ3) is 3.01. The van der Waals surface area contributed by atoms with Gasteiger partial charge in [-0.25, -0.2) is 4.98 Å². The highest BCUT2D eigenvalue weighted by atomic mass is 32.1. The first kappa shape index (κ1) is 11.5. The van der Waals surface area contributed by atoms with Gasteiger partial charge in [0, 0.05) is 24.3 Å². The van der Waals surface area contributed by atoms with Crippen molar-refractivity contribution in [1.82, 2.24) is 15.3 Å². The highest BCUT2D eigenvalue weighted by Gasteiger charge is 2.05. The number of thiazole rings is 1. The minimum absolute atomic E-state index is 0.131. The van der Waals surface area contributed by atoms with E-state index in [2.05, 4.69) is 20.6 Å². The SMILES string of the molecule is CNc1ccc(C(=O)NCc2cncs2)cn1. The number of hydrogen-bond acceptors (Lipinski definition) is 5. The van der Waals surface area contributed by atoms with Gasteiger partial charge >= 0.3 is 0 Å². The van der Waals surface area contributed by atoms with Crippen LogP contribution in [-0.2, 0) is 6.54 Å². The van der Waals surface area contributed by atoms with E-state index in [0.717, 1.165) is 10.7 Å². The van der Waals surface area contributed by atoms with Gasteiger partial charge in [0.15, 0.2) is 0 Å². The Bertz CT molecular complexity index is 481. The van der Waals surface area contributed by atoms with Crippen molar-refractivity contribution < 1.29 is 4.79 Å². The fraction of sp³-hybridized carbons (Fsp3) is 0.182. The molecule has 2 N–H and O–H groups in total. The molecule has 0 aliphatic heterocycles. The van der Waals surface area contributed by atoms with Gasteiger partial charge in [-0.3, -0.25) is 9.78 Å². The van der Waals surface area contributed by atoms with Crippen LogP contribution in [-0.4, -0.2) is 22.9 Å². The molecule has 2 heterocycles. The van der Waals surface area contributed by atoms with Gasteiger partial charge in [-0.2, -0.15) is 0 Å². The van der Waals surface area contributed by atoms with Crippen LogP contribution in [0.3, 0.4) is 0 Å². The number of carbonyl (C=O) groups is 1. The molecule has 0 unspecified atom stereocenters. The third-order valence-corrected chi connectivity index (χ3v) is 2.97. The number of nitrogens with one attached hydrogen (secondary N) is 2. The number of nitrogens with zero attached hydrogens (tertiary/aromatic N) is 2. The average Bonchev–Trinajstić information content (AvgIpc) is 2.89. The maximum Gasteiger partial charge on any atom is 0.253 e. The maximum atomic E-state index is 11.8. The summed E-state index contributed by atoms with van der Waals surface area (Å²) >= 11 is 1.51. The summed E-state index contributed by atoms with van der Waals surface area (Å²) in [6.07, 6.45) is 3.29. The lowest BCUT2D eigenvalue weighted by molar-refractivity contribution is 0.0951. The molecule has 1 amide bonds. The Morgan fingerprint density at radius 3 is 2.88 bits per heavy atom. The van der Waals surface area contributed by atoms with E-state index in [1.807, 2.05) is 0 Å². The molecule has 5 nitrogen and oxygen atoms in total. The highest BCUT2D eigenvalue weighted by Crippen LogP contribution is 2.06. The number of amides is 1. The first-order chi connectivity index (χ1) is 8.29. The number of anilines is 1. The molecule has 88 valence electrons. The van der Waals surface area contributed by atoms with E-state index in [1.165, 1.54) is 11.3 Å².